The van der Waals surface area contributed by atoms with Crippen LogP contribution in [0.15, 0.2) is 24.5 Å². The van der Waals surface area contributed by atoms with E-state index in [-0.39, 0.29) is 0 Å². The number of aromatic nitrogens is 1. The first kappa shape index (κ1) is 9.67. The van der Waals surface area contributed by atoms with Gasteiger partial charge in [-0.15, -0.1) is 0 Å². The Balaban J connectivity index is 2.59. The first-order chi connectivity index (χ1) is 6.24. The summed E-state index contributed by atoms with van der Waals surface area (Å²) in [4.78, 5) is 15.1. The van der Waals surface area contributed by atoms with Crippen LogP contribution in [-0.4, -0.2) is 24.4 Å². The summed E-state index contributed by atoms with van der Waals surface area (Å²) in [6.45, 7) is 1.65. The molecule has 0 radical (unpaired) electrons. The molecule has 1 atom stereocenters. The second-order valence-corrected chi connectivity index (χ2v) is 2.44. The first-order valence-electron chi connectivity index (χ1n) is 3.88. The summed E-state index contributed by atoms with van der Waals surface area (Å²) in [5.41, 5.74) is 0.471. The molecule has 1 unspecified atom stereocenters. The maximum absolute atomic E-state index is 11.3. The molecule has 0 aliphatic heterocycles. The summed E-state index contributed by atoms with van der Waals surface area (Å²) in [6, 6.07) is 3.18. The molecule has 0 N–H and O–H groups in total. The number of hydrogen-bond acceptors (Lipinski definition) is 4. The van der Waals surface area contributed by atoms with E-state index in [0.29, 0.717) is 5.56 Å². The maximum Gasteiger partial charge on any atom is 0.340 e. The van der Waals surface area contributed by atoms with E-state index < -0.39 is 12.3 Å². The highest BCUT2D eigenvalue weighted by molar-refractivity contribution is 5.89. The van der Waals surface area contributed by atoms with Crippen LogP contribution in [0.25, 0.3) is 0 Å². The fourth-order valence-electron chi connectivity index (χ4n) is 0.755. The van der Waals surface area contributed by atoms with Gasteiger partial charge in [0, 0.05) is 19.5 Å². The molecule has 0 aliphatic carbocycles. The molecule has 1 aromatic rings. The molecule has 13 heavy (non-hydrogen) atoms. The summed E-state index contributed by atoms with van der Waals surface area (Å²) in [7, 11) is 1.48. The van der Waals surface area contributed by atoms with Crippen molar-refractivity contribution in [1.29, 1.82) is 0 Å². The lowest BCUT2D eigenvalue weighted by Gasteiger charge is -2.10. The molecule has 1 aromatic heterocycles. The number of nitrogens with zero attached hydrogens (tertiary/aromatic N) is 1. The maximum atomic E-state index is 11.3. The van der Waals surface area contributed by atoms with Gasteiger partial charge in [0.25, 0.3) is 0 Å². The van der Waals surface area contributed by atoms with Gasteiger partial charge in [0.15, 0.2) is 6.29 Å². The van der Waals surface area contributed by atoms with E-state index in [9.17, 15) is 4.79 Å². The quantitative estimate of drug-likeness (QED) is 0.519. The Bertz CT molecular complexity index is 273. The van der Waals surface area contributed by atoms with Gasteiger partial charge in [-0.25, -0.2) is 4.79 Å². The molecule has 0 saturated heterocycles. The van der Waals surface area contributed by atoms with Crippen molar-refractivity contribution in [2.75, 3.05) is 7.11 Å². The van der Waals surface area contributed by atoms with Crippen molar-refractivity contribution in [3.8, 4) is 0 Å². The Morgan fingerprint density at radius 2 is 2.08 bits per heavy atom. The number of carbonyl (C=O) groups is 1. The van der Waals surface area contributed by atoms with Crippen molar-refractivity contribution >= 4 is 5.97 Å². The second kappa shape index (κ2) is 4.57. The normalized spacial score (nSPS) is 12.2. The molecule has 4 heteroatoms. The number of methoxy groups -OCH3 is 1. The second-order valence-electron chi connectivity index (χ2n) is 2.44. The van der Waals surface area contributed by atoms with Crippen LogP contribution in [0.1, 0.15) is 17.3 Å². The zero-order valence-corrected chi connectivity index (χ0v) is 7.56. The van der Waals surface area contributed by atoms with Gasteiger partial charge in [0.05, 0.1) is 5.56 Å². The minimum Gasteiger partial charge on any atom is -0.432 e. The van der Waals surface area contributed by atoms with Crippen LogP contribution < -0.4 is 0 Å². The average Bonchev–Trinajstić information content (AvgIpc) is 2.19. The molecule has 1 rings (SSSR count). The van der Waals surface area contributed by atoms with Crippen LogP contribution in [0.4, 0.5) is 0 Å². The predicted octanol–water partition coefficient (Wildman–Crippen LogP) is 1.23. The Morgan fingerprint density at radius 1 is 1.46 bits per heavy atom. The number of rotatable bonds is 3. The fourth-order valence-corrected chi connectivity index (χ4v) is 0.755. The van der Waals surface area contributed by atoms with Crippen molar-refractivity contribution in [1.82, 2.24) is 4.98 Å². The highest BCUT2D eigenvalue weighted by Gasteiger charge is 2.09. The smallest absolute Gasteiger partial charge is 0.340 e. The van der Waals surface area contributed by atoms with E-state index in [4.69, 9.17) is 9.47 Å². The first-order valence-corrected chi connectivity index (χ1v) is 3.88. The Labute approximate surface area is 76.5 Å². The van der Waals surface area contributed by atoms with Gasteiger partial charge in [0.2, 0.25) is 0 Å². The zero-order valence-electron chi connectivity index (χ0n) is 7.56. The molecule has 0 amide bonds. The summed E-state index contributed by atoms with van der Waals surface area (Å²) < 4.78 is 9.68. The number of pyridine rings is 1. The molecule has 70 valence electrons. The van der Waals surface area contributed by atoms with Gasteiger partial charge < -0.3 is 9.47 Å². The van der Waals surface area contributed by atoms with Crippen LogP contribution in [0, 0.1) is 0 Å². The summed E-state index contributed by atoms with van der Waals surface area (Å²) in [5.74, 6) is -0.406. The lowest BCUT2D eigenvalue weighted by atomic mass is 10.3. The third-order valence-electron chi connectivity index (χ3n) is 1.52. The van der Waals surface area contributed by atoms with Crippen molar-refractivity contribution in [3.05, 3.63) is 30.1 Å². The predicted molar refractivity (Wildman–Crippen MR) is 46.1 cm³/mol. The van der Waals surface area contributed by atoms with Gasteiger partial charge >= 0.3 is 5.97 Å². The van der Waals surface area contributed by atoms with E-state index >= 15 is 0 Å². The van der Waals surface area contributed by atoms with Crippen LogP contribution in [0.3, 0.4) is 0 Å². The minimum absolute atomic E-state index is 0.406. The minimum atomic E-state index is -0.527. The van der Waals surface area contributed by atoms with Gasteiger partial charge in [0.1, 0.15) is 0 Å². The molecule has 0 aliphatic rings. The van der Waals surface area contributed by atoms with Crippen molar-refractivity contribution in [3.63, 3.8) is 0 Å². The Kier molecular flexibility index (Phi) is 3.40. The zero-order chi connectivity index (χ0) is 9.68. The van der Waals surface area contributed by atoms with Gasteiger partial charge in [-0.1, -0.05) is 0 Å². The number of ether oxygens (including phenoxy) is 2. The van der Waals surface area contributed by atoms with Crippen LogP contribution in [0.2, 0.25) is 0 Å². The fraction of sp³-hybridized carbons (Fsp3) is 0.333. The summed E-state index contributed by atoms with van der Waals surface area (Å²) in [6.07, 6.45) is 2.54. The Morgan fingerprint density at radius 3 is 2.62 bits per heavy atom. The van der Waals surface area contributed by atoms with Crippen molar-refractivity contribution < 1.29 is 14.3 Å². The lowest BCUT2D eigenvalue weighted by Crippen LogP contribution is -2.16. The molecule has 4 nitrogen and oxygen atoms in total. The highest BCUT2D eigenvalue weighted by Crippen LogP contribution is 2.02. The van der Waals surface area contributed by atoms with Gasteiger partial charge in [-0.3, -0.25) is 4.98 Å². The molecule has 0 aromatic carbocycles. The van der Waals surface area contributed by atoms with Crippen molar-refractivity contribution in [2.24, 2.45) is 0 Å². The van der Waals surface area contributed by atoms with E-state index in [2.05, 4.69) is 4.98 Å². The van der Waals surface area contributed by atoms with E-state index in [1.165, 1.54) is 19.5 Å². The number of hydrogen-bond donors (Lipinski definition) is 0. The van der Waals surface area contributed by atoms with E-state index in [1.807, 2.05) is 0 Å². The van der Waals surface area contributed by atoms with E-state index in [1.54, 1.807) is 19.1 Å². The third-order valence-corrected chi connectivity index (χ3v) is 1.52. The topological polar surface area (TPSA) is 48.4 Å². The molecule has 0 fully saturated rings. The molecule has 0 spiro atoms. The largest absolute Gasteiger partial charge is 0.432 e. The van der Waals surface area contributed by atoms with Crippen molar-refractivity contribution in [2.45, 2.75) is 13.2 Å². The third kappa shape index (κ3) is 2.83. The molecular weight excluding hydrogens is 170 g/mol. The molecule has 0 bridgehead atoms. The van der Waals surface area contributed by atoms with Crippen LogP contribution in [-0.2, 0) is 9.47 Å². The summed E-state index contributed by atoms with van der Waals surface area (Å²) in [5, 5.41) is 0. The lowest BCUT2D eigenvalue weighted by molar-refractivity contribution is -0.0773. The summed E-state index contributed by atoms with van der Waals surface area (Å²) >= 11 is 0. The standard InChI is InChI=1S/C9H11NO3/c1-7(12-2)13-9(11)8-3-5-10-6-4-8/h3-7H,1-2H3. The van der Waals surface area contributed by atoms with E-state index in [0.717, 1.165) is 0 Å². The Hall–Kier alpha value is -1.42. The number of esters is 1. The van der Waals surface area contributed by atoms with Gasteiger partial charge in [-0.05, 0) is 19.1 Å². The van der Waals surface area contributed by atoms with Gasteiger partial charge in [-0.2, -0.15) is 0 Å². The molecular formula is C9H11NO3. The number of carbonyl (C=O) groups excluding carboxylic acids is 1. The molecule has 0 saturated carbocycles. The monoisotopic (exact) mass is 181 g/mol. The average molecular weight is 181 g/mol. The van der Waals surface area contributed by atoms with Crippen LogP contribution in [0.5, 0.6) is 0 Å². The van der Waals surface area contributed by atoms with Crippen LogP contribution >= 0.6 is 0 Å². The highest BCUT2D eigenvalue weighted by atomic mass is 16.7. The SMILES string of the molecule is COC(C)OC(=O)c1ccncc1. The molecule has 1 heterocycles.